The summed E-state index contributed by atoms with van der Waals surface area (Å²) in [7, 11) is 0. The molecule has 0 radical (unpaired) electrons. The lowest BCUT2D eigenvalue weighted by Crippen LogP contribution is -2.32. The fraction of sp³-hybridized carbons (Fsp3) is 0.733. The van der Waals surface area contributed by atoms with E-state index in [1.54, 1.807) is 0 Å². The van der Waals surface area contributed by atoms with Crippen LogP contribution in [0.4, 0.5) is 0 Å². The molecule has 1 aliphatic carbocycles. The Labute approximate surface area is 105 Å². The van der Waals surface area contributed by atoms with E-state index in [0.717, 1.165) is 6.42 Å². The van der Waals surface area contributed by atoms with Crippen molar-refractivity contribution < 1.29 is 4.42 Å². The minimum absolute atomic E-state index is 0.522. The van der Waals surface area contributed by atoms with Gasteiger partial charge in [-0.2, -0.15) is 0 Å². The Balaban J connectivity index is 1.84. The number of unbranched alkanes of at least 4 members (excludes halogenated alkanes) is 2. The Kier molecular flexibility index (Phi) is 4.66. The van der Waals surface area contributed by atoms with Crippen molar-refractivity contribution in [3.63, 3.8) is 0 Å². The van der Waals surface area contributed by atoms with Gasteiger partial charge >= 0.3 is 0 Å². The summed E-state index contributed by atoms with van der Waals surface area (Å²) in [6.07, 6.45) is 10.8. The first-order chi connectivity index (χ1) is 8.31. The zero-order valence-electron chi connectivity index (χ0n) is 11.2. The molecule has 2 rings (SSSR count). The van der Waals surface area contributed by atoms with Crippen LogP contribution < -0.4 is 5.32 Å². The van der Waals surface area contributed by atoms with Crippen LogP contribution in [-0.2, 0) is 6.42 Å². The number of aryl methyl sites for hydroxylation is 1. The molecule has 0 saturated heterocycles. The van der Waals surface area contributed by atoms with Crippen molar-refractivity contribution in [1.82, 2.24) is 5.32 Å². The Bertz CT molecular complexity index is 331. The van der Waals surface area contributed by atoms with E-state index in [1.165, 1.54) is 49.8 Å². The van der Waals surface area contributed by atoms with Crippen LogP contribution in [0.2, 0.25) is 0 Å². The minimum Gasteiger partial charge on any atom is -0.469 e. The molecule has 2 nitrogen and oxygen atoms in total. The molecule has 1 heterocycles. The minimum atomic E-state index is 0.522. The van der Waals surface area contributed by atoms with Crippen molar-refractivity contribution in [2.75, 3.05) is 0 Å². The first-order valence-corrected chi connectivity index (χ1v) is 7.13. The smallest absolute Gasteiger partial charge is 0.108 e. The van der Waals surface area contributed by atoms with Crippen LogP contribution >= 0.6 is 0 Å². The summed E-state index contributed by atoms with van der Waals surface area (Å²) in [5, 5.41) is 3.76. The van der Waals surface area contributed by atoms with E-state index < -0.39 is 0 Å². The van der Waals surface area contributed by atoms with E-state index in [-0.39, 0.29) is 0 Å². The van der Waals surface area contributed by atoms with E-state index in [0.29, 0.717) is 12.1 Å². The maximum absolute atomic E-state index is 5.53. The monoisotopic (exact) mass is 235 g/mol. The lowest BCUT2D eigenvalue weighted by molar-refractivity contribution is 0.368. The van der Waals surface area contributed by atoms with Gasteiger partial charge in [0.1, 0.15) is 5.76 Å². The third kappa shape index (κ3) is 3.35. The van der Waals surface area contributed by atoms with Crippen LogP contribution in [-0.4, -0.2) is 6.04 Å². The van der Waals surface area contributed by atoms with Crippen molar-refractivity contribution in [3.8, 4) is 0 Å². The second kappa shape index (κ2) is 6.25. The van der Waals surface area contributed by atoms with Crippen LogP contribution in [0.3, 0.4) is 0 Å². The maximum Gasteiger partial charge on any atom is 0.108 e. The predicted octanol–water partition coefficient (Wildman–Crippen LogP) is 4.22. The van der Waals surface area contributed by atoms with Crippen molar-refractivity contribution in [3.05, 3.63) is 23.7 Å². The lowest BCUT2D eigenvalue weighted by Gasteiger charge is -2.26. The van der Waals surface area contributed by atoms with Crippen LogP contribution in [0.15, 0.2) is 16.7 Å². The number of fused-ring (bicyclic) bond motifs is 1. The molecule has 0 amide bonds. The quantitative estimate of drug-likeness (QED) is 0.747. The lowest BCUT2D eigenvalue weighted by atomic mass is 9.92. The van der Waals surface area contributed by atoms with Crippen LogP contribution in [0.25, 0.3) is 0 Å². The van der Waals surface area contributed by atoms with Gasteiger partial charge in [-0.1, -0.05) is 26.2 Å². The van der Waals surface area contributed by atoms with E-state index >= 15 is 0 Å². The van der Waals surface area contributed by atoms with Gasteiger partial charge in [-0.15, -0.1) is 0 Å². The molecule has 1 aliphatic rings. The van der Waals surface area contributed by atoms with E-state index in [2.05, 4.69) is 25.2 Å². The molecule has 1 aromatic heterocycles. The Morgan fingerprint density at radius 2 is 2.35 bits per heavy atom. The van der Waals surface area contributed by atoms with E-state index in [1.807, 2.05) is 6.26 Å². The molecule has 0 aromatic carbocycles. The van der Waals surface area contributed by atoms with Gasteiger partial charge in [0, 0.05) is 24.1 Å². The first kappa shape index (κ1) is 12.7. The number of hydrogen-bond donors (Lipinski definition) is 1. The average Bonchev–Trinajstić information content (AvgIpc) is 2.78. The van der Waals surface area contributed by atoms with Crippen LogP contribution in [0.1, 0.15) is 69.7 Å². The highest BCUT2D eigenvalue weighted by Crippen LogP contribution is 2.30. The molecule has 2 atom stereocenters. The largest absolute Gasteiger partial charge is 0.469 e. The first-order valence-electron chi connectivity index (χ1n) is 7.13. The summed E-state index contributed by atoms with van der Waals surface area (Å²) < 4.78 is 5.53. The van der Waals surface area contributed by atoms with Crippen LogP contribution in [0, 0.1) is 0 Å². The van der Waals surface area contributed by atoms with E-state index in [9.17, 15) is 0 Å². The molecule has 2 unspecified atom stereocenters. The standard InChI is InChI=1S/C15H25NO/c1-3-4-5-7-12(2)16-14-8-6-9-15-13(14)10-11-17-15/h10-12,14,16H,3-9H2,1-2H3. The summed E-state index contributed by atoms with van der Waals surface area (Å²) in [5.74, 6) is 1.20. The zero-order valence-corrected chi connectivity index (χ0v) is 11.2. The third-order valence-electron chi connectivity index (χ3n) is 3.78. The van der Waals surface area contributed by atoms with E-state index in [4.69, 9.17) is 4.42 Å². The number of hydrogen-bond acceptors (Lipinski definition) is 2. The van der Waals surface area contributed by atoms with Gasteiger partial charge in [0.2, 0.25) is 0 Å². The molecule has 1 aromatic rings. The molecule has 2 heteroatoms. The van der Waals surface area contributed by atoms with Crippen molar-refractivity contribution in [2.45, 2.75) is 70.9 Å². The molecule has 17 heavy (non-hydrogen) atoms. The Morgan fingerprint density at radius 3 is 3.18 bits per heavy atom. The van der Waals surface area contributed by atoms with Crippen LogP contribution in [0.5, 0.6) is 0 Å². The molecule has 0 saturated carbocycles. The highest BCUT2D eigenvalue weighted by molar-refractivity contribution is 5.24. The number of rotatable bonds is 6. The van der Waals surface area contributed by atoms with Gasteiger partial charge in [0.05, 0.1) is 6.26 Å². The third-order valence-corrected chi connectivity index (χ3v) is 3.78. The molecule has 96 valence electrons. The summed E-state index contributed by atoms with van der Waals surface area (Å²) in [5.41, 5.74) is 1.40. The molecule has 1 N–H and O–H groups in total. The second-order valence-electron chi connectivity index (χ2n) is 5.31. The van der Waals surface area contributed by atoms with Gasteiger partial charge in [0.15, 0.2) is 0 Å². The summed E-state index contributed by atoms with van der Waals surface area (Å²) in [4.78, 5) is 0. The average molecular weight is 235 g/mol. The normalized spacial score (nSPS) is 21.2. The Hall–Kier alpha value is -0.760. The highest BCUT2D eigenvalue weighted by atomic mass is 16.3. The fourth-order valence-corrected chi connectivity index (χ4v) is 2.79. The van der Waals surface area contributed by atoms with Gasteiger partial charge in [-0.05, 0) is 32.3 Å². The fourth-order valence-electron chi connectivity index (χ4n) is 2.79. The van der Waals surface area contributed by atoms with Gasteiger partial charge in [-0.25, -0.2) is 0 Å². The SMILES string of the molecule is CCCCCC(C)NC1CCCc2occc21. The Morgan fingerprint density at radius 1 is 1.47 bits per heavy atom. The van der Waals surface area contributed by atoms with Crippen molar-refractivity contribution >= 4 is 0 Å². The van der Waals surface area contributed by atoms with Gasteiger partial charge in [-0.3, -0.25) is 0 Å². The summed E-state index contributed by atoms with van der Waals surface area (Å²) >= 11 is 0. The van der Waals surface area contributed by atoms with Gasteiger partial charge < -0.3 is 9.73 Å². The van der Waals surface area contributed by atoms with Gasteiger partial charge in [0.25, 0.3) is 0 Å². The molecule has 0 bridgehead atoms. The molecule has 0 fully saturated rings. The molecule has 0 spiro atoms. The van der Waals surface area contributed by atoms with Crippen molar-refractivity contribution in [1.29, 1.82) is 0 Å². The topological polar surface area (TPSA) is 25.2 Å². The summed E-state index contributed by atoms with van der Waals surface area (Å²) in [6.45, 7) is 4.57. The predicted molar refractivity (Wildman–Crippen MR) is 71.1 cm³/mol. The number of furan rings is 1. The summed E-state index contributed by atoms with van der Waals surface area (Å²) in [6, 6.07) is 3.28. The number of nitrogens with one attached hydrogen (secondary N) is 1. The highest BCUT2D eigenvalue weighted by Gasteiger charge is 2.23. The molecule has 0 aliphatic heterocycles. The van der Waals surface area contributed by atoms with Crippen molar-refractivity contribution in [2.24, 2.45) is 0 Å². The molecular formula is C15H25NO. The zero-order chi connectivity index (χ0) is 12.1. The molecular weight excluding hydrogens is 210 g/mol. The maximum atomic E-state index is 5.53. The second-order valence-corrected chi connectivity index (χ2v) is 5.31.